The van der Waals surface area contributed by atoms with E-state index in [1.165, 1.54) is 17.8 Å². The summed E-state index contributed by atoms with van der Waals surface area (Å²) in [4.78, 5) is 12.4. The fraction of sp³-hybridized carbons (Fsp3) is 0.143. The zero-order valence-corrected chi connectivity index (χ0v) is 11.3. The lowest BCUT2D eigenvalue weighted by atomic mass is 10.2. The minimum Gasteiger partial charge on any atom is -0.316 e. The van der Waals surface area contributed by atoms with Gasteiger partial charge in [-0.15, -0.1) is 0 Å². The predicted octanol–water partition coefficient (Wildman–Crippen LogP) is 3.47. The Morgan fingerprint density at radius 3 is 2.42 bits per heavy atom. The van der Waals surface area contributed by atoms with Gasteiger partial charge in [0.15, 0.2) is 0 Å². The molecule has 0 aliphatic carbocycles. The molecule has 98 valence electrons. The van der Waals surface area contributed by atoms with E-state index in [4.69, 9.17) is 0 Å². The second kappa shape index (κ2) is 6.36. The van der Waals surface area contributed by atoms with E-state index in [0.29, 0.717) is 4.90 Å². The first-order valence-corrected chi connectivity index (χ1v) is 6.68. The van der Waals surface area contributed by atoms with Crippen LogP contribution in [0.2, 0.25) is 0 Å². The molecule has 0 saturated heterocycles. The SMILES string of the molecule is CNCc1ccccc1Sc1ccccc1[N+](=O)[O-]. The highest BCUT2D eigenvalue weighted by atomic mass is 32.2. The molecule has 0 atom stereocenters. The highest BCUT2D eigenvalue weighted by Crippen LogP contribution is 2.36. The summed E-state index contributed by atoms with van der Waals surface area (Å²) in [5.74, 6) is 0. The van der Waals surface area contributed by atoms with Gasteiger partial charge in [0.05, 0.1) is 9.82 Å². The minimum absolute atomic E-state index is 0.145. The lowest BCUT2D eigenvalue weighted by Crippen LogP contribution is -2.05. The van der Waals surface area contributed by atoms with Crippen molar-refractivity contribution in [1.29, 1.82) is 0 Å². The van der Waals surface area contributed by atoms with Crippen LogP contribution in [0, 0.1) is 10.1 Å². The maximum absolute atomic E-state index is 11.0. The third kappa shape index (κ3) is 3.33. The van der Waals surface area contributed by atoms with Gasteiger partial charge in [-0.3, -0.25) is 10.1 Å². The summed E-state index contributed by atoms with van der Waals surface area (Å²) >= 11 is 1.43. The molecule has 2 aromatic carbocycles. The number of hydrogen-bond donors (Lipinski definition) is 1. The Hall–Kier alpha value is -1.85. The Morgan fingerprint density at radius 1 is 1.11 bits per heavy atom. The van der Waals surface area contributed by atoms with Crippen LogP contribution in [0.3, 0.4) is 0 Å². The number of para-hydroxylation sites is 1. The van der Waals surface area contributed by atoms with Crippen molar-refractivity contribution in [2.24, 2.45) is 0 Å². The molecule has 4 nitrogen and oxygen atoms in total. The molecule has 0 spiro atoms. The van der Waals surface area contributed by atoms with Crippen molar-refractivity contribution < 1.29 is 4.92 Å². The van der Waals surface area contributed by atoms with Crippen molar-refractivity contribution in [2.75, 3.05) is 7.05 Å². The fourth-order valence-electron chi connectivity index (χ4n) is 1.75. The number of nitrogens with one attached hydrogen (secondary N) is 1. The molecule has 1 N–H and O–H groups in total. The molecular weight excluding hydrogens is 260 g/mol. The van der Waals surface area contributed by atoms with Crippen LogP contribution in [0.5, 0.6) is 0 Å². The van der Waals surface area contributed by atoms with Gasteiger partial charge in [0.1, 0.15) is 0 Å². The Morgan fingerprint density at radius 2 is 1.74 bits per heavy atom. The van der Waals surface area contributed by atoms with Gasteiger partial charge in [0, 0.05) is 17.5 Å². The summed E-state index contributed by atoms with van der Waals surface area (Å²) in [6.45, 7) is 0.740. The smallest absolute Gasteiger partial charge is 0.283 e. The minimum atomic E-state index is -0.344. The predicted molar refractivity (Wildman–Crippen MR) is 76.4 cm³/mol. The molecule has 0 heterocycles. The van der Waals surface area contributed by atoms with Gasteiger partial charge in [-0.1, -0.05) is 42.1 Å². The van der Waals surface area contributed by atoms with Gasteiger partial charge in [-0.25, -0.2) is 0 Å². The van der Waals surface area contributed by atoms with Crippen molar-refractivity contribution in [1.82, 2.24) is 5.32 Å². The molecule has 2 aromatic rings. The molecule has 0 saturated carbocycles. The molecule has 0 bridgehead atoms. The van der Waals surface area contributed by atoms with E-state index < -0.39 is 0 Å². The zero-order chi connectivity index (χ0) is 13.7. The summed E-state index contributed by atoms with van der Waals surface area (Å²) in [6.07, 6.45) is 0. The number of nitro groups is 1. The van der Waals surface area contributed by atoms with Crippen molar-refractivity contribution in [3.63, 3.8) is 0 Å². The first kappa shape index (κ1) is 13.6. The summed E-state index contributed by atoms with van der Waals surface area (Å²) < 4.78 is 0. The van der Waals surface area contributed by atoms with E-state index in [1.54, 1.807) is 12.1 Å². The van der Waals surface area contributed by atoms with E-state index in [-0.39, 0.29) is 10.6 Å². The maximum Gasteiger partial charge on any atom is 0.283 e. The van der Waals surface area contributed by atoms with Crippen LogP contribution in [0.15, 0.2) is 58.3 Å². The van der Waals surface area contributed by atoms with Crippen molar-refractivity contribution in [3.8, 4) is 0 Å². The Balaban J connectivity index is 2.34. The van der Waals surface area contributed by atoms with Crippen LogP contribution in [0.1, 0.15) is 5.56 Å². The number of hydrogen-bond acceptors (Lipinski definition) is 4. The summed E-state index contributed by atoms with van der Waals surface area (Å²) in [6, 6.07) is 14.7. The van der Waals surface area contributed by atoms with Gasteiger partial charge in [0.2, 0.25) is 0 Å². The van der Waals surface area contributed by atoms with Crippen LogP contribution in [-0.4, -0.2) is 12.0 Å². The summed E-state index contributed by atoms with van der Waals surface area (Å²) in [5.41, 5.74) is 1.28. The molecule has 0 aliphatic heterocycles. The molecule has 0 aliphatic rings. The maximum atomic E-state index is 11.0. The van der Waals surface area contributed by atoms with E-state index in [1.807, 2.05) is 37.4 Å². The zero-order valence-electron chi connectivity index (χ0n) is 10.5. The largest absolute Gasteiger partial charge is 0.316 e. The average molecular weight is 274 g/mol. The van der Waals surface area contributed by atoms with E-state index in [0.717, 1.165) is 17.0 Å². The van der Waals surface area contributed by atoms with Gasteiger partial charge in [0.25, 0.3) is 5.69 Å². The van der Waals surface area contributed by atoms with E-state index >= 15 is 0 Å². The highest BCUT2D eigenvalue weighted by molar-refractivity contribution is 7.99. The van der Waals surface area contributed by atoms with Gasteiger partial charge in [-0.2, -0.15) is 0 Å². The first-order valence-electron chi connectivity index (χ1n) is 5.86. The summed E-state index contributed by atoms with van der Waals surface area (Å²) in [5, 5.41) is 14.1. The molecule has 2 rings (SSSR count). The molecule has 0 aromatic heterocycles. The van der Waals surface area contributed by atoms with Crippen LogP contribution < -0.4 is 5.32 Å². The lowest BCUT2D eigenvalue weighted by molar-refractivity contribution is -0.387. The summed E-state index contributed by atoms with van der Waals surface area (Å²) in [7, 11) is 1.88. The third-order valence-electron chi connectivity index (χ3n) is 2.62. The molecule has 0 unspecified atom stereocenters. The Bertz CT molecular complexity index is 587. The van der Waals surface area contributed by atoms with Crippen LogP contribution in [0.4, 0.5) is 5.69 Å². The second-order valence-electron chi connectivity index (χ2n) is 3.96. The standard InChI is InChI=1S/C14H14N2O2S/c1-15-10-11-6-2-4-8-13(11)19-14-9-5-3-7-12(14)16(17)18/h2-9,15H,10H2,1H3. The topological polar surface area (TPSA) is 55.2 Å². The van der Waals surface area contributed by atoms with E-state index in [2.05, 4.69) is 5.32 Å². The second-order valence-corrected chi connectivity index (χ2v) is 5.05. The van der Waals surface area contributed by atoms with Gasteiger partial charge < -0.3 is 5.32 Å². The molecule has 0 radical (unpaired) electrons. The molecular formula is C14H14N2O2S. The average Bonchev–Trinajstić information content (AvgIpc) is 2.42. The van der Waals surface area contributed by atoms with Crippen LogP contribution >= 0.6 is 11.8 Å². The van der Waals surface area contributed by atoms with Gasteiger partial charge in [-0.05, 0) is 24.7 Å². The van der Waals surface area contributed by atoms with Crippen molar-refractivity contribution >= 4 is 17.4 Å². The van der Waals surface area contributed by atoms with Gasteiger partial charge >= 0.3 is 0 Å². The lowest BCUT2D eigenvalue weighted by Gasteiger charge is -2.08. The number of benzene rings is 2. The molecule has 5 heteroatoms. The number of nitrogens with zero attached hydrogens (tertiary/aromatic N) is 1. The molecule has 0 amide bonds. The van der Waals surface area contributed by atoms with Crippen molar-refractivity contribution in [2.45, 2.75) is 16.3 Å². The van der Waals surface area contributed by atoms with E-state index in [9.17, 15) is 10.1 Å². The Labute approximate surface area is 116 Å². The fourth-order valence-corrected chi connectivity index (χ4v) is 2.80. The van der Waals surface area contributed by atoms with Crippen LogP contribution in [-0.2, 0) is 6.54 Å². The van der Waals surface area contributed by atoms with Crippen LogP contribution in [0.25, 0.3) is 0 Å². The quantitative estimate of drug-likeness (QED) is 0.670. The monoisotopic (exact) mass is 274 g/mol. The number of nitro benzene ring substituents is 1. The third-order valence-corrected chi connectivity index (χ3v) is 3.81. The highest BCUT2D eigenvalue weighted by Gasteiger charge is 2.14. The first-order chi connectivity index (χ1) is 9.22. The van der Waals surface area contributed by atoms with Crippen molar-refractivity contribution in [3.05, 3.63) is 64.2 Å². The number of rotatable bonds is 5. The Kier molecular flexibility index (Phi) is 4.54. The molecule has 0 fully saturated rings. The normalized spacial score (nSPS) is 10.4. The molecule has 19 heavy (non-hydrogen) atoms.